The molecule has 1 unspecified atom stereocenters. The second kappa shape index (κ2) is 6.47. The monoisotopic (exact) mass is 308 g/mol. The van der Waals surface area contributed by atoms with E-state index < -0.39 is 39.2 Å². The summed E-state index contributed by atoms with van der Waals surface area (Å²) in [5, 5.41) is 9.13. The minimum absolute atomic E-state index is 0.107. The summed E-state index contributed by atoms with van der Waals surface area (Å²) >= 11 is 0. The first-order chi connectivity index (χ1) is 9.17. The van der Waals surface area contributed by atoms with Crippen LogP contribution >= 0.6 is 0 Å². The summed E-state index contributed by atoms with van der Waals surface area (Å²) < 4.78 is 53.3. The van der Waals surface area contributed by atoms with Gasteiger partial charge in [-0.2, -0.15) is 0 Å². The van der Waals surface area contributed by atoms with Crippen LogP contribution in [0.2, 0.25) is 0 Å². The van der Waals surface area contributed by atoms with Crippen molar-refractivity contribution in [1.29, 1.82) is 0 Å². The van der Waals surface area contributed by atoms with Crippen LogP contribution in [0.1, 0.15) is 20.3 Å². The van der Waals surface area contributed by atoms with Gasteiger partial charge in [-0.25, -0.2) is 21.9 Å². The average Bonchev–Trinajstić information content (AvgIpc) is 2.24. The summed E-state index contributed by atoms with van der Waals surface area (Å²) in [6.45, 7) is 3.21. The summed E-state index contributed by atoms with van der Waals surface area (Å²) in [4.78, 5) is -1.09. The SMILES string of the molecule is CC(C)CC(CO)NS(=O)(=O)c1c(F)cc(N)cc1F. The first kappa shape index (κ1) is 16.8. The third-order valence-corrected chi connectivity index (χ3v) is 4.16. The maximum atomic E-state index is 13.6. The van der Waals surface area contributed by atoms with E-state index in [-0.39, 0.29) is 11.6 Å². The molecule has 1 rings (SSSR count). The molecule has 1 aromatic carbocycles. The molecule has 0 fully saturated rings. The molecule has 8 heteroatoms. The second-order valence-corrected chi connectivity index (χ2v) is 6.59. The van der Waals surface area contributed by atoms with Gasteiger partial charge in [0, 0.05) is 11.7 Å². The number of hydrogen-bond donors (Lipinski definition) is 3. The van der Waals surface area contributed by atoms with Gasteiger partial charge in [-0.15, -0.1) is 0 Å². The number of aliphatic hydroxyl groups is 1. The zero-order valence-electron chi connectivity index (χ0n) is 11.2. The van der Waals surface area contributed by atoms with Crippen molar-refractivity contribution in [1.82, 2.24) is 4.72 Å². The lowest BCUT2D eigenvalue weighted by molar-refractivity contribution is 0.239. The van der Waals surface area contributed by atoms with Gasteiger partial charge < -0.3 is 10.8 Å². The fraction of sp³-hybridized carbons (Fsp3) is 0.500. The Hall–Kier alpha value is -1.25. The average molecular weight is 308 g/mol. The van der Waals surface area contributed by atoms with E-state index >= 15 is 0 Å². The molecule has 0 spiro atoms. The minimum atomic E-state index is -4.41. The largest absolute Gasteiger partial charge is 0.399 e. The van der Waals surface area contributed by atoms with Crippen LogP contribution in [0.15, 0.2) is 17.0 Å². The number of anilines is 1. The highest BCUT2D eigenvalue weighted by Crippen LogP contribution is 2.22. The standard InChI is InChI=1S/C12H18F2N2O3S/c1-7(2)3-9(6-17)16-20(18,19)12-10(13)4-8(15)5-11(12)14/h4-5,7,9,16-17H,3,6,15H2,1-2H3. The number of aliphatic hydroxyl groups excluding tert-OH is 1. The Morgan fingerprint density at radius 1 is 1.30 bits per heavy atom. The fourth-order valence-electron chi connectivity index (χ4n) is 1.84. The van der Waals surface area contributed by atoms with Gasteiger partial charge in [0.2, 0.25) is 10.0 Å². The Bertz CT molecular complexity index is 553. The van der Waals surface area contributed by atoms with Crippen LogP contribution < -0.4 is 10.5 Å². The summed E-state index contributed by atoms with van der Waals surface area (Å²) in [6, 6.07) is 0.651. The van der Waals surface area contributed by atoms with E-state index in [0.29, 0.717) is 6.42 Å². The van der Waals surface area contributed by atoms with Crippen molar-refractivity contribution in [2.45, 2.75) is 31.2 Å². The molecule has 5 nitrogen and oxygen atoms in total. The van der Waals surface area contributed by atoms with Crippen molar-refractivity contribution in [3.8, 4) is 0 Å². The van der Waals surface area contributed by atoms with Crippen molar-refractivity contribution < 1.29 is 22.3 Å². The van der Waals surface area contributed by atoms with Crippen LogP contribution in [0.4, 0.5) is 14.5 Å². The van der Waals surface area contributed by atoms with Gasteiger partial charge in [0.1, 0.15) is 11.6 Å². The zero-order chi connectivity index (χ0) is 15.5. The van der Waals surface area contributed by atoms with Crippen LogP contribution in [0.5, 0.6) is 0 Å². The molecule has 0 heterocycles. The highest BCUT2D eigenvalue weighted by atomic mass is 32.2. The maximum Gasteiger partial charge on any atom is 0.246 e. The highest BCUT2D eigenvalue weighted by molar-refractivity contribution is 7.89. The third-order valence-electron chi connectivity index (χ3n) is 2.59. The molecule has 1 atom stereocenters. The van der Waals surface area contributed by atoms with Crippen molar-refractivity contribution in [2.24, 2.45) is 5.92 Å². The van der Waals surface area contributed by atoms with Gasteiger partial charge >= 0.3 is 0 Å². The van der Waals surface area contributed by atoms with E-state index in [1.807, 2.05) is 13.8 Å². The number of nitrogen functional groups attached to an aromatic ring is 1. The third kappa shape index (κ3) is 4.12. The number of rotatable bonds is 6. The number of hydrogen-bond acceptors (Lipinski definition) is 4. The Labute approximate surface area is 116 Å². The summed E-state index contributed by atoms with van der Waals surface area (Å²) in [7, 11) is -4.41. The summed E-state index contributed by atoms with van der Waals surface area (Å²) in [5.41, 5.74) is 5.02. The normalized spacial score (nSPS) is 13.7. The molecule has 0 aliphatic heterocycles. The number of sulfonamides is 1. The Kier molecular flexibility index (Phi) is 5.43. The van der Waals surface area contributed by atoms with E-state index in [2.05, 4.69) is 4.72 Å². The van der Waals surface area contributed by atoms with E-state index in [9.17, 15) is 17.2 Å². The lowest BCUT2D eigenvalue weighted by Gasteiger charge is -2.18. The first-order valence-corrected chi connectivity index (χ1v) is 7.53. The van der Waals surface area contributed by atoms with Crippen molar-refractivity contribution in [3.63, 3.8) is 0 Å². The zero-order valence-corrected chi connectivity index (χ0v) is 12.0. The quantitative estimate of drug-likeness (QED) is 0.689. The Morgan fingerprint density at radius 3 is 2.20 bits per heavy atom. The van der Waals surface area contributed by atoms with Crippen LogP contribution in [-0.4, -0.2) is 26.2 Å². The van der Waals surface area contributed by atoms with Gasteiger partial charge in [0.05, 0.1) is 6.61 Å². The summed E-state index contributed by atoms with van der Waals surface area (Å²) in [5.74, 6) is -2.43. The van der Waals surface area contributed by atoms with Crippen LogP contribution in [-0.2, 0) is 10.0 Å². The van der Waals surface area contributed by atoms with Crippen molar-refractivity contribution in [3.05, 3.63) is 23.8 Å². The van der Waals surface area contributed by atoms with Gasteiger partial charge in [-0.3, -0.25) is 0 Å². The molecule has 0 saturated heterocycles. The van der Waals surface area contributed by atoms with Crippen molar-refractivity contribution >= 4 is 15.7 Å². The van der Waals surface area contributed by atoms with Crippen LogP contribution in [0, 0.1) is 17.6 Å². The lowest BCUT2D eigenvalue weighted by Crippen LogP contribution is -2.39. The molecular weight excluding hydrogens is 290 g/mol. The minimum Gasteiger partial charge on any atom is -0.399 e. The number of nitrogens with two attached hydrogens (primary N) is 1. The lowest BCUT2D eigenvalue weighted by atomic mass is 10.1. The molecule has 0 bridgehead atoms. The van der Waals surface area contributed by atoms with Crippen LogP contribution in [0.3, 0.4) is 0 Å². The Morgan fingerprint density at radius 2 is 1.80 bits per heavy atom. The van der Waals surface area contributed by atoms with Crippen molar-refractivity contribution in [2.75, 3.05) is 12.3 Å². The molecule has 0 aliphatic carbocycles. The van der Waals surface area contributed by atoms with E-state index in [1.54, 1.807) is 0 Å². The summed E-state index contributed by atoms with van der Waals surface area (Å²) in [6.07, 6.45) is 0.341. The second-order valence-electron chi connectivity index (χ2n) is 4.94. The molecule has 0 radical (unpaired) electrons. The van der Waals surface area contributed by atoms with Gasteiger partial charge in [0.25, 0.3) is 0 Å². The molecule has 20 heavy (non-hydrogen) atoms. The molecule has 4 N–H and O–H groups in total. The van der Waals surface area contributed by atoms with E-state index in [0.717, 1.165) is 12.1 Å². The molecule has 0 aromatic heterocycles. The predicted octanol–water partition coefficient (Wildman–Crippen LogP) is 1.23. The molecule has 0 saturated carbocycles. The van der Waals surface area contributed by atoms with Crippen LogP contribution in [0.25, 0.3) is 0 Å². The van der Waals surface area contributed by atoms with Gasteiger partial charge in [-0.1, -0.05) is 13.8 Å². The van der Waals surface area contributed by atoms with Gasteiger partial charge in [0.15, 0.2) is 4.90 Å². The Balaban J connectivity index is 3.11. The first-order valence-electron chi connectivity index (χ1n) is 6.05. The number of benzene rings is 1. The van der Waals surface area contributed by atoms with E-state index in [4.69, 9.17) is 10.8 Å². The highest BCUT2D eigenvalue weighted by Gasteiger charge is 2.27. The smallest absolute Gasteiger partial charge is 0.246 e. The molecule has 114 valence electrons. The number of nitrogens with one attached hydrogen (secondary N) is 1. The fourth-order valence-corrected chi connectivity index (χ4v) is 3.20. The maximum absolute atomic E-state index is 13.6. The predicted molar refractivity (Wildman–Crippen MR) is 71.4 cm³/mol. The van der Waals surface area contributed by atoms with Gasteiger partial charge in [-0.05, 0) is 24.5 Å². The topological polar surface area (TPSA) is 92.4 Å². The molecular formula is C12H18F2N2O3S. The molecule has 0 amide bonds. The molecule has 1 aromatic rings. The number of halogens is 2. The molecule has 0 aliphatic rings. The van der Waals surface area contributed by atoms with E-state index in [1.165, 1.54) is 0 Å².